The number of fused-ring (bicyclic) bond motifs is 1. The molecule has 0 aliphatic carbocycles. The maximum Gasteiger partial charge on any atom is 0.147 e. The fourth-order valence-electron chi connectivity index (χ4n) is 2.19. The predicted molar refractivity (Wildman–Crippen MR) is 83.2 cm³/mol. The van der Waals surface area contributed by atoms with Crippen molar-refractivity contribution in [3.05, 3.63) is 64.0 Å². The summed E-state index contributed by atoms with van der Waals surface area (Å²) in [6.45, 7) is 0.678. The van der Waals surface area contributed by atoms with Gasteiger partial charge in [0, 0.05) is 36.1 Å². The van der Waals surface area contributed by atoms with E-state index in [0.717, 1.165) is 22.0 Å². The van der Waals surface area contributed by atoms with Crippen molar-refractivity contribution in [1.82, 2.24) is 9.55 Å². The van der Waals surface area contributed by atoms with Crippen LogP contribution in [0.3, 0.4) is 0 Å². The molecule has 3 rings (SSSR count). The van der Waals surface area contributed by atoms with Crippen LogP contribution < -0.4 is 0 Å². The maximum atomic E-state index is 7.28. The molecule has 2 aromatic heterocycles. The fraction of sp³-hybridized carbons (Fsp3) is 0.0667. The van der Waals surface area contributed by atoms with Crippen molar-refractivity contribution in [3.8, 4) is 0 Å². The Hall–Kier alpha value is -1.84. The van der Waals surface area contributed by atoms with Crippen molar-refractivity contribution in [3.63, 3.8) is 0 Å². The van der Waals surface area contributed by atoms with Crippen LogP contribution in [0, 0.1) is 5.41 Å². The zero-order valence-corrected chi connectivity index (χ0v) is 12.0. The van der Waals surface area contributed by atoms with Crippen LogP contribution in [0.2, 0.25) is 10.2 Å². The Morgan fingerprint density at radius 1 is 1.20 bits per heavy atom. The topological polar surface area (TPSA) is 41.7 Å². The van der Waals surface area contributed by atoms with Crippen LogP contribution in [-0.4, -0.2) is 15.8 Å². The summed E-state index contributed by atoms with van der Waals surface area (Å²) in [4.78, 5) is 4.06. The van der Waals surface area contributed by atoms with E-state index >= 15 is 0 Å². The highest BCUT2D eigenvalue weighted by atomic mass is 35.5. The van der Waals surface area contributed by atoms with Gasteiger partial charge in [-0.15, -0.1) is 0 Å². The van der Waals surface area contributed by atoms with E-state index in [0.29, 0.717) is 16.7 Å². The van der Waals surface area contributed by atoms with Crippen molar-refractivity contribution >= 4 is 40.3 Å². The Labute approximate surface area is 126 Å². The Bertz CT molecular complexity index is 793. The Morgan fingerprint density at radius 2 is 2.05 bits per heavy atom. The van der Waals surface area contributed by atoms with Crippen LogP contribution in [0.5, 0.6) is 0 Å². The molecule has 5 heteroatoms. The highest BCUT2D eigenvalue weighted by Gasteiger charge is 2.05. The average Bonchev–Trinajstić information content (AvgIpc) is 2.85. The van der Waals surface area contributed by atoms with E-state index in [2.05, 4.69) is 9.55 Å². The van der Waals surface area contributed by atoms with Gasteiger partial charge in [0.15, 0.2) is 0 Å². The Morgan fingerprint density at radius 3 is 2.80 bits per heavy atom. The van der Waals surface area contributed by atoms with Crippen LogP contribution in [-0.2, 0) is 6.54 Å². The molecule has 0 saturated carbocycles. The van der Waals surface area contributed by atoms with Crippen molar-refractivity contribution in [1.29, 1.82) is 5.41 Å². The molecular weight excluding hydrogens is 293 g/mol. The molecule has 3 nitrogen and oxygen atoms in total. The number of rotatable bonds is 3. The second kappa shape index (κ2) is 5.27. The van der Waals surface area contributed by atoms with Gasteiger partial charge in [-0.3, -0.25) is 0 Å². The third kappa shape index (κ3) is 2.42. The van der Waals surface area contributed by atoms with E-state index in [1.54, 1.807) is 6.20 Å². The fourth-order valence-corrected chi connectivity index (χ4v) is 2.48. The maximum absolute atomic E-state index is 7.28. The second-order valence-corrected chi connectivity index (χ2v) is 5.29. The van der Waals surface area contributed by atoms with Crippen molar-refractivity contribution in [2.24, 2.45) is 0 Å². The van der Waals surface area contributed by atoms with Crippen molar-refractivity contribution in [2.75, 3.05) is 0 Å². The molecule has 0 aliphatic rings. The predicted octanol–water partition coefficient (Wildman–Crippen LogP) is 4.39. The molecule has 0 amide bonds. The number of pyridine rings is 1. The van der Waals surface area contributed by atoms with Crippen LogP contribution in [0.15, 0.2) is 42.7 Å². The molecule has 0 aliphatic heterocycles. The van der Waals surface area contributed by atoms with Gasteiger partial charge in [-0.05, 0) is 35.4 Å². The normalized spacial score (nSPS) is 10.9. The number of hydrogen-bond acceptors (Lipinski definition) is 2. The molecule has 0 saturated heterocycles. The lowest BCUT2D eigenvalue weighted by Gasteiger charge is -2.06. The number of halogens is 2. The lowest BCUT2D eigenvalue weighted by atomic mass is 10.2. The summed E-state index contributed by atoms with van der Waals surface area (Å²) in [5.41, 5.74) is 3.00. The minimum atomic E-state index is 0.323. The molecule has 3 aromatic rings. The second-order valence-electron chi connectivity index (χ2n) is 4.52. The van der Waals surface area contributed by atoms with Gasteiger partial charge in [0.2, 0.25) is 0 Å². The lowest BCUT2D eigenvalue weighted by molar-refractivity contribution is 0.832. The number of aromatic nitrogens is 2. The molecule has 0 spiro atoms. The zero-order chi connectivity index (χ0) is 14.1. The molecule has 100 valence electrons. The van der Waals surface area contributed by atoms with Crippen LogP contribution >= 0.6 is 23.2 Å². The molecule has 0 atom stereocenters. The van der Waals surface area contributed by atoms with Gasteiger partial charge in [-0.25, -0.2) is 4.98 Å². The minimum absolute atomic E-state index is 0.323. The van der Waals surface area contributed by atoms with Gasteiger partial charge in [-0.1, -0.05) is 29.3 Å². The molecule has 0 unspecified atom stereocenters. The summed E-state index contributed by atoms with van der Waals surface area (Å²) in [5.74, 6) is 0. The van der Waals surface area contributed by atoms with Crippen LogP contribution in [0.25, 0.3) is 10.9 Å². The van der Waals surface area contributed by atoms with Gasteiger partial charge in [0.1, 0.15) is 5.15 Å². The van der Waals surface area contributed by atoms with Crippen LogP contribution in [0.1, 0.15) is 11.1 Å². The summed E-state index contributed by atoms with van der Waals surface area (Å²) < 4.78 is 2.12. The first-order chi connectivity index (χ1) is 9.67. The summed E-state index contributed by atoms with van der Waals surface area (Å²) in [5, 5.41) is 9.18. The standard InChI is InChI=1S/C15H11Cl2N3/c16-13-6-11(8-19-15(13)17)9-20-4-3-12-5-10(7-18)1-2-14(12)20/h1-8,18H,9H2. The number of nitrogens with one attached hydrogen (secondary N) is 1. The summed E-state index contributed by atoms with van der Waals surface area (Å²) >= 11 is 11.8. The van der Waals surface area contributed by atoms with Crippen molar-refractivity contribution in [2.45, 2.75) is 6.54 Å². The Kier molecular flexibility index (Phi) is 3.47. The number of hydrogen-bond donors (Lipinski definition) is 1. The van der Waals surface area contributed by atoms with E-state index in [9.17, 15) is 0 Å². The molecule has 1 aromatic carbocycles. The van der Waals surface area contributed by atoms with Crippen molar-refractivity contribution < 1.29 is 0 Å². The lowest BCUT2D eigenvalue weighted by Crippen LogP contribution is -1.98. The first-order valence-corrected chi connectivity index (χ1v) is 6.82. The van der Waals surface area contributed by atoms with E-state index in [1.807, 2.05) is 36.5 Å². The quantitative estimate of drug-likeness (QED) is 0.566. The van der Waals surface area contributed by atoms with E-state index in [4.69, 9.17) is 28.6 Å². The highest BCUT2D eigenvalue weighted by Crippen LogP contribution is 2.22. The average molecular weight is 304 g/mol. The van der Waals surface area contributed by atoms with Crippen LogP contribution in [0.4, 0.5) is 0 Å². The molecule has 0 fully saturated rings. The first-order valence-electron chi connectivity index (χ1n) is 6.06. The SMILES string of the molecule is N=Cc1ccc2c(ccn2Cc2cnc(Cl)c(Cl)c2)c1. The number of benzene rings is 1. The van der Waals surface area contributed by atoms with E-state index in [-0.39, 0.29) is 0 Å². The van der Waals surface area contributed by atoms with E-state index in [1.165, 1.54) is 6.21 Å². The molecule has 20 heavy (non-hydrogen) atoms. The summed E-state index contributed by atoms with van der Waals surface area (Å²) in [7, 11) is 0. The van der Waals surface area contributed by atoms with Gasteiger partial charge in [0.25, 0.3) is 0 Å². The smallest absolute Gasteiger partial charge is 0.147 e. The van der Waals surface area contributed by atoms with Gasteiger partial charge in [-0.2, -0.15) is 0 Å². The summed E-state index contributed by atoms with van der Waals surface area (Å²) in [6, 6.07) is 9.80. The first kappa shape index (κ1) is 13.2. The van der Waals surface area contributed by atoms with E-state index < -0.39 is 0 Å². The number of nitrogens with zero attached hydrogens (tertiary/aromatic N) is 2. The third-order valence-electron chi connectivity index (χ3n) is 3.17. The molecule has 0 bridgehead atoms. The van der Waals surface area contributed by atoms with Gasteiger partial charge >= 0.3 is 0 Å². The largest absolute Gasteiger partial charge is 0.343 e. The molecule has 0 radical (unpaired) electrons. The monoisotopic (exact) mass is 303 g/mol. The molecule has 1 N–H and O–H groups in total. The minimum Gasteiger partial charge on any atom is -0.343 e. The van der Waals surface area contributed by atoms with Gasteiger partial charge in [0.05, 0.1) is 5.02 Å². The molecule has 2 heterocycles. The van der Waals surface area contributed by atoms with Gasteiger partial charge < -0.3 is 9.98 Å². The molecular formula is C15H11Cl2N3. The highest BCUT2D eigenvalue weighted by molar-refractivity contribution is 6.41. The summed E-state index contributed by atoms with van der Waals surface area (Å²) in [6.07, 6.45) is 5.09. The zero-order valence-electron chi connectivity index (χ0n) is 10.5. The third-order valence-corrected chi connectivity index (χ3v) is 3.85. The Balaban J connectivity index is 1.98.